The Morgan fingerprint density at radius 1 is 1.32 bits per heavy atom. The number of halogens is 1. The number of likely N-dealkylation sites (tertiary alicyclic amines) is 1. The van der Waals surface area contributed by atoms with E-state index in [2.05, 4.69) is 0 Å². The summed E-state index contributed by atoms with van der Waals surface area (Å²) in [6.45, 7) is 3.38. The minimum Gasteiger partial charge on any atom is -0.393 e. The molecule has 3 unspecified atom stereocenters. The van der Waals surface area contributed by atoms with Gasteiger partial charge in [-0.3, -0.25) is 4.79 Å². The molecule has 0 bridgehead atoms. The SMILES string of the molecule is Cc1cc(Cl)cc(C(=O)N2CC3CCC(O)C3C2)c1. The van der Waals surface area contributed by atoms with Crippen LogP contribution >= 0.6 is 11.6 Å². The fraction of sp³-hybridized carbons (Fsp3) is 0.533. The summed E-state index contributed by atoms with van der Waals surface area (Å²) in [4.78, 5) is 14.3. The maximum Gasteiger partial charge on any atom is 0.253 e. The number of carbonyl (C=O) groups is 1. The van der Waals surface area contributed by atoms with E-state index in [1.54, 1.807) is 6.07 Å². The van der Waals surface area contributed by atoms with Crippen LogP contribution < -0.4 is 0 Å². The molecular weight excluding hydrogens is 262 g/mol. The predicted molar refractivity (Wildman–Crippen MR) is 74.3 cm³/mol. The number of rotatable bonds is 1. The van der Waals surface area contributed by atoms with Crippen LogP contribution in [-0.2, 0) is 0 Å². The van der Waals surface area contributed by atoms with Gasteiger partial charge >= 0.3 is 0 Å². The summed E-state index contributed by atoms with van der Waals surface area (Å²) in [5, 5.41) is 10.5. The molecule has 0 radical (unpaired) electrons. The van der Waals surface area contributed by atoms with E-state index in [1.165, 1.54) is 0 Å². The lowest BCUT2D eigenvalue weighted by Crippen LogP contribution is -2.31. The Balaban J connectivity index is 1.78. The Hall–Kier alpha value is -1.06. The number of aliphatic hydroxyl groups is 1. The van der Waals surface area contributed by atoms with Gasteiger partial charge in [0.15, 0.2) is 0 Å². The molecule has 2 aliphatic rings. The highest BCUT2D eigenvalue weighted by Crippen LogP contribution is 2.38. The van der Waals surface area contributed by atoms with E-state index in [0.717, 1.165) is 24.9 Å². The van der Waals surface area contributed by atoms with Crippen molar-refractivity contribution in [3.8, 4) is 0 Å². The first-order chi connectivity index (χ1) is 9.04. The van der Waals surface area contributed by atoms with E-state index in [4.69, 9.17) is 11.6 Å². The average molecular weight is 280 g/mol. The lowest BCUT2D eigenvalue weighted by atomic mass is 10.00. The number of aryl methyl sites for hydroxylation is 1. The second-order valence-electron chi connectivity index (χ2n) is 5.80. The van der Waals surface area contributed by atoms with Crippen LogP contribution in [0.3, 0.4) is 0 Å². The van der Waals surface area contributed by atoms with Gasteiger partial charge in [-0.15, -0.1) is 0 Å². The van der Waals surface area contributed by atoms with Crippen LogP contribution in [0.4, 0.5) is 0 Å². The van der Waals surface area contributed by atoms with E-state index in [9.17, 15) is 9.90 Å². The van der Waals surface area contributed by atoms with Gasteiger partial charge in [-0.25, -0.2) is 0 Å². The highest BCUT2D eigenvalue weighted by atomic mass is 35.5. The first kappa shape index (κ1) is 12.9. The number of fused-ring (bicyclic) bond motifs is 1. The molecule has 1 aromatic rings. The molecule has 1 amide bonds. The van der Waals surface area contributed by atoms with Crippen LogP contribution in [0.15, 0.2) is 18.2 Å². The van der Waals surface area contributed by atoms with Crippen LogP contribution in [0.1, 0.15) is 28.8 Å². The lowest BCUT2D eigenvalue weighted by molar-refractivity contribution is 0.0752. The van der Waals surface area contributed by atoms with Gasteiger partial charge in [0, 0.05) is 29.6 Å². The Morgan fingerprint density at radius 2 is 2.11 bits per heavy atom. The van der Waals surface area contributed by atoms with Gasteiger partial charge < -0.3 is 10.0 Å². The number of aliphatic hydroxyl groups excluding tert-OH is 1. The minimum absolute atomic E-state index is 0.0344. The standard InChI is InChI=1S/C15H18ClNO2/c1-9-4-11(6-12(16)5-9)15(19)17-7-10-2-3-14(18)13(10)8-17/h4-6,10,13-14,18H,2-3,7-8H2,1H3. The Labute approximate surface area is 118 Å². The van der Waals surface area contributed by atoms with Crippen molar-refractivity contribution in [1.82, 2.24) is 4.90 Å². The molecule has 3 rings (SSSR count). The molecule has 1 aliphatic carbocycles. The van der Waals surface area contributed by atoms with E-state index in [-0.39, 0.29) is 17.9 Å². The smallest absolute Gasteiger partial charge is 0.253 e. The Bertz CT molecular complexity index is 497. The molecule has 1 N–H and O–H groups in total. The second kappa shape index (κ2) is 4.80. The van der Waals surface area contributed by atoms with E-state index in [0.29, 0.717) is 23.0 Å². The lowest BCUT2D eigenvalue weighted by Gasteiger charge is -2.19. The molecule has 1 saturated heterocycles. The largest absolute Gasteiger partial charge is 0.393 e. The Kier molecular flexibility index (Phi) is 3.27. The zero-order chi connectivity index (χ0) is 13.6. The molecule has 3 nitrogen and oxygen atoms in total. The van der Waals surface area contributed by atoms with Gasteiger partial charge in [0.05, 0.1) is 6.10 Å². The minimum atomic E-state index is -0.233. The van der Waals surface area contributed by atoms with E-state index >= 15 is 0 Å². The van der Waals surface area contributed by atoms with Gasteiger partial charge in [0.1, 0.15) is 0 Å². The number of benzene rings is 1. The molecule has 102 valence electrons. The molecule has 0 aromatic heterocycles. The predicted octanol–water partition coefficient (Wildman–Crippen LogP) is 2.49. The molecule has 0 spiro atoms. The molecule has 2 fully saturated rings. The maximum atomic E-state index is 12.5. The third-order valence-corrected chi connectivity index (χ3v) is 4.61. The second-order valence-corrected chi connectivity index (χ2v) is 6.23. The van der Waals surface area contributed by atoms with Gasteiger partial charge in [-0.1, -0.05) is 11.6 Å². The van der Waals surface area contributed by atoms with Crippen molar-refractivity contribution in [3.05, 3.63) is 34.3 Å². The number of amides is 1. The molecule has 1 aliphatic heterocycles. The number of hydrogen-bond acceptors (Lipinski definition) is 2. The highest BCUT2D eigenvalue weighted by Gasteiger charge is 2.43. The quantitative estimate of drug-likeness (QED) is 0.858. The van der Waals surface area contributed by atoms with Crippen LogP contribution in [0.5, 0.6) is 0 Å². The molecule has 1 saturated carbocycles. The number of hydrogen-bond donors (Lipinski definition) is 1. The van der Waals surface area contributed by atoms with Crippen molar-refractivity contribution in [3.63, 3.8) is 0 Å². The summed E-state index contributed by atoms with van der Waals surface area (Å²) in [6.07, 6.45) is 1.68. The molecule has 19 heavy (non-hydrogen) atoms. The number of nitrogens with zero attached hydrogens (tertiary/aromatic N) is 1. The van der Waals surface area contributed by atoms with Gasteiger partial charge in [-0.05, 0) is 49.4 Å². The number of carbonyl (C=O) groups excluding carboxylic acids is 1. The van der Waals surface area contributed by atoms with Gasteiger partial charge in [0.25, 0.3) is 5.91 Å². The van der Waals surface area contributed by atoms with Crippen molar-refractivity contribution in [1.29, 1.82) is 0 Å². The van der Waals surface area contributed by atoms with Crippen molar-refractivity contribution in [2.75, 3.05) is 13.1 Å². The zero-order valence-electron chi connectivity index (χ0n) is 11.0. The average Bonchev–Trinajstić information content (AvgIpc) is 2.90. The van der Waals surface area contributed by atoms with E-state index < -0.39 is 0 Å². The van der Waals surface area contributed by atoms with Gasteiger partial charge in [0.2, 0.25) is 0 Å². The summed E-state index contributed by atoms with van der Waals surface area (Å²) in [5.74, 6) is 0.774. The summed E-state index contributed by atoms with van der Waals surface area (Å²) in [5.41, 5.74) is 1.65. The molecule has 1 aromatic carbocycles. The first-order valence-electron chi connectivity index (χ1n) is 6.79. The van der Waals surface area contributed by atoms with Crippen LogP contribution in [0, 0.1) is 18.8 Å². The third kappa shape index (κ3) is 2.37. The summed E-state index contributed by atoms with van der Waals surface area (Å²) in [7, 11) is 0. The normalized spacial score (nSPS) is 29.6. The fourth-order valence-electron chi connectivity index (χ4n) is 3.44. The maximum absolute atomic E-state index is 12.5. The summed E-state index contributed by atoms with van der Waals surface area (Å²) >= 11 is 6.01. The molecular formula is C15H18ClNO2. The molecule has 4 heteroatoms. The highest BCUT2D eigenvalue weighted by molar-refractivity contribution is 6.31. The van der Waals surface area contributed by atoms with Crippen LogP contribution in [0.25, 0.3) is 0 Å². The van der Waals surface area contributed by atoms with Crippen LogP contribution in [-0.4, -0.2) is 35.1 Å². The molecule has 3 atom stereocenters. The Morgan fingerprint density at radius 3 is 2.79 bits per heavy atom. The van der Waals surface area contributed by atoms with Crippen molar-refractivity contribution < 1.29 is 9.90 Å². The summed E-state index contributed by atoms with van der Waals surface area (Å²) in [6, 6.07) is 5.45. The fourth-order valence-corrected chi connectivity index (χ4v) is 3.73. The van der Waals surface area contributed by atoms with Crippen LogP contribution in [0.2, 0.25) is 5.02 Å². The van der Waals surface area contributed by atoms with Crippen molar-refractivity contribution in [2.45, 2.75) is 25.9 Å². The monoisotopic (exact) mass is 279 g/mol. The van der Waals surface area contributed by atoms with E-state index in [1.807, 2.05) is 24.0 Å². The van der Waals surface area contributed by atoms with Gasteiger partial charge in [-0.2, -0.15) is 0 Å². The first-order valence-corrected chi connectivity index (χ1v) is 7.17. The topological polar surface area (TPSA) is 40.5 Å². The van der Waals surface area contributed by atoms with Crippen molar-refractivity contribution >= 4 is 17.5 Å². The third-order valence-electron chi connectivity index (χ3n) is 4.40. The van der Waals surface area contributed by atoms with Crippen molar-refractivity contribution in [2.24, 2.45) is 11.8 Å². The molecule has 1 heterocycles. The summed E-state index contributed by atoms with van der Waals surface area (Å²) < 4.78 is 0. The zero-order valence-corrected chi connectivity index (χ0v) is 11.7.